The SMILES string of the molecule is CCc1nnc(NC(=O)C2CCN(S(=O)(=O)c3ccc(OC)cc3)CC2)s1. The summed E-state index contributed by atoms with van der Waals surface area (Å²) in [5.41, 5.74) is 0. The number of hydrogen-bond donors (Lipinski definition) is 1. The first-order chi connectivity index (χ1) is 12.9. The van der Waals surface area contributed by atoms with E-state index in [1.165, 1.54) is 34.9 Å². The van der Waals surface area contributed by atoms with Crippen molar-refractivity contribution in [3.8, 4) is 5.75 Å². The molecule has 2 aromatic rings. The number of benzene rings is 1. The number of methoxy groups -OCH3 is 1. The van der Waals surface area contributed by atoms with E-state index in [-0.39, 0.29) is 16.7 Å². The van der Waals surface area contributed by atoms with Crippen LogP contribution in [0.15, 0.2) is 29.2 Å². The summed E-state index contributed by atoms with van der Waals surface area (Å²) in [4.78, 5) is 12.6. The van der Waals surface area contributed by atoms with Crippen molar-refractivity contribution in [1.82, 2.24) is 14.5 Å². The Morgan fingerprint density at radius 1 is 1.26 bits per heavy atom. The number of piperidine rings is 1. The summed E-state index contributed by atoms with van der Waals surface area (Å²) in [5, 5.41) is 12.1. The van der Waals surface area contributed by atoms with Gasteiger partial charge in [-0.3, -0.25) is 4.79 Å². The first-order valence-corrected chi connectivity index (χ1v) is 11.0. The van der Waals surface area contributed by atoms with Crippen molar-refractivity contribution in [2.75, 3.05) is 25.5 Å². The van der Waals surface area contributed by atoms with E-state index in [4.69, 9.17) is 4.74 Å². The van der Waals surface area contributed by atoms with Crippen LogP contribution in [0.4, 0.5) is 5.13 Å². The van der Waals surface area contributed by atoms with Gasteiger partial charge >= 0.3 is 0 Å². The molecule has 0 unspecified atom stereocenters. The zero-order chi connectivity index (χ0) is 19.4. The molecule has 0 atom stereocenters. The molecule has 3 rings (SSSR count). The second-order valence-corrected chi connectivity index (χ2v) is 9.20. The van der Waals surface area contributed by atoms with Gasteiger partial charge in [-0.25, -0.2) is 8.42 Å². The van der Waals surface area contributed by atoms with Gasteiger partial charge in [-0.1, -0.05) is 18.3 Å². The largest absolute Gasteiger partial charge is 0.497 e. The quantitative estimate of drug-likeness (QED) is 0.783. The van der Waals surface area contributed by atoms with Crippen LogP contribution in [0.2, 0.25) is 0 Å². The summed E-state index contributed by atoms with van der Waals surface area (Å²) in [6, 6.07) is 6.32. The maximum absolute atomic E-state index is 12.8. The third-order valence-electron chi connectivity index (χ3n) is 4.52. The molecule has 2 heterocycles. The third kappa shape index (κ3) is 4.45. The van der Waals surface area contributed by atoms with Gasteiger partial charge in [0.15, 0.2) is 0 Å². The minimum absolute atomic E-state index is 0.129. The molecule has 1 aliphatic rings. The molecule has 0 spiro atoms. The van der Waals surface area contributed by atoms with Crippen LogP contribution in [0.5, 0.6) is 5.75 Å². The minimum Gasteiger partial charge on any atom is -0.497 e. The average molecular weight is 411 g/mol. The van der Waals surface area contributed by atoms with Crippen molar-refractivity contribution >= 4 is 32.4 Å². The molecular formula is C17H22N4O4S2. The highest BCUT2D eigenvalue weighted by Gasteiger charge is 2.32. The Morgan fingerprint density at radius 2 is 1.93 bits per heavy atom. The lowest BCUT2D eigenvalue weighted by Crippen LogP contribution is -2.41. The Morgan fingerprint density at radius 3 is 2.48 bits per heavy atom. The summed E-state index contributed by atoms with van der Waals surface area (Å²) in [6.07, 6.45) is 1.72. The Balaban J connectivity index is 1.59. The Hall–Kier alpha value is -2.04. The number of aromatic nitrogens is 2. The first-order valence-electron chi connectivity index (χ1n) is 8.71. The zero-order valence-corrected chi connectivity index (χ0v) is 16.8. The topological polar surface area (TPSA) is 101 Å². The first kappa shape index (κ1) is 19.7. The number of hydrogen-bond acceptors (Lipinski definition) is 7. The lowest BCUT2D eigenvalue weighted by molar-refractivity contribution is -0.120. The molecule has 27 heavy (non-hydrogen) atoms. The highest BCUT2D eigenvalue weighted by Crippen LogP contribution is 2.26. The van der Waals surface area contributed by atoms with Gasteiger partial charge in [0.1, 0.15) is 10.8 Å². The molecule has 1 saturated heterocycles. The standard InChI is InChI=1S/C17H22N4O4S2/c1-3-15-19-20-17(26-15)18-16(22)12-8-10-21(11-9-12)27(23,24)14-6-4-13(25-2)5-7-14/h4-7,12H,3,8-11H2,1-2H3,(H,18,20,22). The van der Waals surface area contributed by atoms with Crippen molar-refractivity contribution in [1.29, 1.82) is 0 Å². The molecule has 10 heteroatoms. The van der Waals surface area contributed by atoms with Crippen LogP contribution >= 0.6 is 11.3 Å². The number of nitrogens with zero attached hydrogens (tertiary/aromatic N) is 3. The lowest BCUT2D eigenvalue weighted by atomic mass is 9.97. The van der Waals surface area contributed by atoms with Gasteiger partial charge in [0.05, 0.1) is 12.0 Å². The molecule has 1 aromatic carbocycles. The molecule has 1 fully saturated rings. The van der Waals surface area contributed by atoms with Crippen LogP contribution in [0.25, 0.3) is 0 Å². The number of sulfonamides is 1. The molecule has 0 bridgehead atoms. The van der Waals surface area contributed by atoms with Crippen LogP contribution in [0.1, 0.15) is 24.8 Å². The van der Waals surface area contributed by atoms with E-state index in [1.807, 2.05) is 6.92 Å². The Kier molecular flexibility index (Phi) is 6.08. The summed E-state index contributed by atoms with van der Waals surface area (Å²) >= 11 is 1.36. The fraction of sp³-hybridized carbons (Fsp3) is 0.471. The van der Waals surface area contributed by atoms with Crippen LogP contribution in [-0.2, 0) is 21.2 Å². The maximum Gasteiger partial charge on any atom is 0.243 e. The number of carbonyl (C=O) groups is 1. The molecule has 1 aliphatic heterocycles. The number of amides is 1. The summed E-state index contributed by atoms with van der Waals surface area (Å²) in [5.74, 6) is 0.240. The van der Waals surface area contributed by atoms with E-state index in [9.17, 15) is 13.2 Å². The monoisotopic (exact) mass is 410 g/mol. The molecule has 8 nitrogen and oxygen atoms in total. The number of nitrogens with one attached hydrogen (secondary N) is 1. The molecule has 1 amide bonds. The van der Waals surface area contributed by atoms with Crippen molar-refractivity contribution in [3.63, 3.8) is 0 Å². The van der Waals surface area contributed by atoms with E-state index >= 15 is 0 Å². The Labute approximate surface area is 162 Å². The van der Waals surface area contributed by atoms with Gasteiger partial charge in [-0.05, 0) is 43.5 Å². The van der Waals surface area contributed by atoms with Crippen molar-refractivity contribution < 1.29 is 17.9 Å². The number of ether oxygens (including phenoxy) is 1. The predicted molar refractivity (Wildman–Crippen MR) is 102 cm³/mol. The van der Waals surface area contributed by atoms with Crippen LogP contribution in [0.3, 0.4) is 0 Å². The van der Waals surface area contributed by atoms with Gasteiger partial charge in [0.25, 0.3) is 0 Å². The fourth-order valence-corrected chi connectivity index (χ4v) is 5.06. The highest BCUT2D eigenvalue weighted by atomic mass is 32.2. The summed E-state index contributed by atoms with van der Waals surface area (Å²) < 4.78 is 32.0. The van der Waals surface area contributed by atoms with E-state index in [0.717, 1.165) is 11.4 Å². The smallest absolute Gasteiger partial charge is 0.243 e. The lowest BCUT2D eigenvalue weighted by Gasteiger charge is -2.30. The molecule has 146 valence electrons. The second kappa shape index (κ2) is 8.32. The molecule has 0 radical (unpaired) electrons. The van der Waals surface area contributed by atoms with E-state index < -0.39 is 10.0 Å². The van der Waals surface area contributed by atoms with Crippen LogP contribution in [-0.4, -0.2) is 49.0 Å². The van der Waals surface area contributed by atoms with E-state index in [2.05, 4.69) is 15.5 Å². The molecule has 1 aromatic heterocycles. The normalized spacial score (nSPS) is 16.2. The van der Waals surface area contributed by atoms with Gasteiger partial charge < -0.3 is 10.1 Å². The fourth-order valence-electron chi connectivity index (χ4n) is 2.91. The Bertz CT molecular complexity index is 888. The second-order valence-electron chi connectivity index (χ2n) is 6.20. The number of aryl methyl sites for hydroxylation is 1. The zero-order valence-electron chi connectivity index (χ0n) is 15.2. The van der Waals surface area contributed by atoms with Crippen LogP contribution < -0.4 is 10.1 Å². The maximum atomic E-state index is 12.8. The van der Waals surface area contributed by atoms with Gasteiger partial charge in [0.2, 0.25) is 21.1 Å². The number of carbonyl (C=O) groups excluding carboxylic acids is 1. The van der Waals surface area contributed by atoms with Crippen molar-refractivity contribution in [2.45, 2.75) is 31.1 Å². The van der Waals surface area contributed by atoms with Crippen LogP contribution in [0, 0.1) is 5.92 Å². The molecule has 0 aliphatic carbocycles. The number of rotatable bonds is 6. The van der Waals surface area contributed by atoms with Gasteiger partial charge in [0, 0.05) is 19.0 Å². The number of anilines is 1. The molecular weight excluding hydrogens is 388 g/mol. The summed E-state index contributed by atoms with van der Waals surface area (Å²) in [6.45, 7) is 2.59. The highest BCUT2D eigenvalue weighted by molar-refractivity contribution is 7.89. The summed E-state index contributed by atoms with van der Waals surface area (Å²) in [7, 11) is -2.04. The van der Waals surface area contributed by atoms with Gasteiger partial charge in [-0.15, -0.1) is 10.2 Å². The van der Waals surface area contributed by atoms with E-state index in [1.54, 1.807) is 12.1 Å². The molecule has 0 saturated carbocycles. The molecule has 1 N–H and O–H groups in total. The minimum atomic E-state index is -3.57. The van der Waals surface area contributed by atoms with E-state index in [0.29, 0.717) is 36.8 Å². The third-order valence-corrected chi connectivity index (χ3v) is 7.42. The van der Waals surface area contributed by atoms with Crippen molar-refractivity contribution in [2.24, 2.45) is 5.92 Å². The van der Waals surface area contributed by atoms with Crippen molar-refractivity contribution in [3.05, 3.63) is 29.3 Å². The predicted octanol–water partition coefficient (Wildman–Crippen LogP) is 2.15. The van der Waals surface area contributed by atoms with Gasteiger partial charge in [-0.2, -0.15) is 4.31 Å². The average Bonchev–Trinajstić information content (AvgIpc) is 3.15.